The molecule has 0 saturated carbocycles. The number of carbonyl (C=O) groups excluding carboxylic acids is 8. The fourth-order valence-corrected chi connectivity index (χ4v) is 20.0. The van der Waals surface area contributed by atoms with Crippen molar-refractivity contribution in [2.24, 2.45) is 0 Å². The van der Waals surface area contributed by atoms with Crippen molar-refractivity contribution in [2.45, 2.75) is 139 Å². The summed E-state index contributed by atoms with van der Waals surface area (Å²) in [5, 5.41) is 23.0. The van der Waals surface area contributed by atoms with E-state index in [0.717, 1.165) is 240 Å². The van der Waals surface area contributed by atoms with Gasteiger partial charge in [0.05, 0.1) is 7.11 Å². The molecule has 13 aromatic carbocycles. The van der Waals surface area contributed by atoms with Crippen molar-refractivity contribution in [1.82, 2.24) is 31.9 Å². The standard InChI is InChI=1S/C24H23NO.C22H23NO2.C21H23NO2.C21H21NO2.2C21H23NO/c1-17(26)18-6-9-20(10-7-18)24(21-12-14-25-15-13-21)23-11-8-19-4-2-3-5-22(19)16-23;1-15(24)17-3-7-19(8-4-17)22(21-11-13-23-14-12-21)20-9-5-18(6-10-20)16(2)25;1-15(23)16-7-9-17(10-8-16)21(18-11-13-22-14-12-18)19-5-3-4-6-20(19)24-2;1-15(24)16-6-8-17(9-7-16)21(18-10-12-22-13-11-18)20-5-3-2-4-19(20)14-23;2*1-15-4-3-5-20(14-15)21(19-10-12-22-13-11-19)18-8-6-17(7-9-18)16(2)23/h2-11,16,25H,12-15H2,1H3;3-10,23H,11-14H2,1-2H3;3-10,22H,11-14H2,1-2H3;2-9,14,22H,10-13H2,1H3;2*3-9,14,22H,10-13H2,1-2H3. The summed E-state index contributed by atoms with van der Waals surface area (Å²) in [5.41, 5.74) is 38.7. The largest absolute Gasteiger partial charge is 0.496 e. The van der Waals surface area contributed by atoms with Crippen LogP contribution in [0.15, 0.2) is 343 Å². The van der Waals surface area contributed by atoms with Crippen LogP contribution in [0.25, 0.3) is 44.2 Å². The van der Waals surface area contributed by atoms with Crippen molar-refractivity contribution in [2.75, 3.05) is 85.6 Å². The van der Waals surface area contributed by atoms with Crippen molar-refractivity contribution in [3.63, 3.8) is 0 Å². The van der Waals surface area contributed by atoms with Gasteiger partial charge in [-0.05, 0) is 335 Å². The average Bonchev–Trinajstić information content (AvgIpc) is 0.665. The van der Waals surface area contributed by atoms with E-state index in [2.05, 4.69) is 179 Å². The summed E-state index contributed by atoms with van der Waals surface area (Å²) in [6, 6.07) is 104. The summed E-state index contributed by atoms with van der Waals surface area (Å²) in [6.45, 7) is 27.5. The molecule has 0 unspecified atom stereocenters. The van der Waals surface area contributed by atoms with Crippen molar-refractivity contribution in [1.29, 1.82) is 0 Å². The van der Waals surface area contributed by atoms with Crippen molar-refractivity contribution in [3.05, 3.63) is 465 Å². The molecule has 0 atom stereocenters. The molecule has 15 heteroatoms. The normalized spacial score (nSPS) is 14.4. The van der Waals surface area contributed by atoms with Crippen LogP contribution in [0, 0.1) is 13.8 Å². The highest BCUT2D eigenvalue weighted by Gasteiger charge is 2.25. The maximum absolute atomic E-state index is 11.6. The lowest BCUT2D eigenvalue weighted by molar-refractivity contribution is 0.100. The molecule has 19 rings (SSSR count). The Morgan fingerprint density at radius 1 is 0.214 bits per heavy atom. The quantitative estimate of drug-likeness (QED) is 0.0291. The molecule has 6 heterocycles. The van der Waals surface area contributed by atoms with Crippen LogP contribution in [0.4, 0.5) is 0 Å². The Morgan fingerprint density at radius 3 is 0.697 bits per heavy atom. The lowest BCUT2D eigenvalue weighted by Crippen LogP contribution is -2.24. The van der Waals surface area contributed by atoms with Crippen LogP contribution in [0.2, 0.25) is 0 Å². The van der Waals surface area contributed by atoms with Gasteiger partial charge in [-0.3, -0.25) is 38.4 Å². The molecule has 0 bridgehead atoms. The van der Waals surface area contributed by atoms with Gasteiger partial charge < -0.3 is 36.6 Å². The number of ether oxygens (including phenoxy) is 1. The summed E-state index contributed by atoms with van der Waals surface area (Å²) in [5.74, 6) is 1.53. The second-order valence-corrected chi connectivity index (χ2v) is 38.0. The predicted octanol–water partition coefficient (Wildman–Crippen LogP) is 26.2. The number of aryl methyl sites for hydroxylation is 2. The van der Waals surface area contributed by atoms with Crippen LogP contribution < -0.4 is 36.6 Å². The van der Waals surface area contributed by atoms with Gasteiger partial charge in [0.1, 0.15) is 5.75 Å². The fraction of sp³-hybridized carbons (Fsp3) is 0.262. The first-order valence-corrected chi connectivity index (χ1v) is 51.2. The average molecular weight is 1930 g/mol. The highest BCUT2D eigenvalue weighted by molar-refractivity contribution is 6.01. The van der Waals surface area contributed by atoms with Gasteiger partial charge in [-0.15, -0.1) is 0 Å². The van der Waals surface area contributed by atoms with E-state index < -0.39 is 0 Å². The molecule has 6 N–H and O–H groups in total. The molecular weight excluding hydrogens is 1790 g/mol. The molecule has 145 heavy (non-hydrogen) atoms. The highest BCUT2D eigenvalue weighted by atomic mass is 16.5. The summed E-state index contributed by atoms with van der Waals surface area (Å²) in [6.07, 6.45) is 13.4. The highest BCUT2D eigenvalue weighted by Crippen LogP contribution is 2.41. The molecule has 13 aromatic rings. The molecule has 6 fully saturated rings. The van der Waals surface area contributed by atoms with Crippen molar-refractivity contribution < 1.29 is 43.1 Å². The molecule has 0 radical (unpaired) electrons. The second kappa shape index (κ2) is 53.2. The van der Waals surface area contributed by atoms with E-state index in [9.17, 15) is 38.4 Å². The Balaban J connectivity index is 0.000000138. The number of methoxy groups -OCH3 is 1. The zero-order chi connectivity index (χ0) is 102. The monoisotopic (exact) mass is 1930 g/mol. The first-order valence-electron chi connectivity index (χ1n) is 51.2. The maximum atomic E-state index is 11.6. The van der Waals surface area contributed by atoms with Crippen LogP contribution in [-0.4, -0.2) is 132 Å². The minimum atomic E-state index is 0.0610. The predicted molar refractivity (Wildman–Crippen MR) is 595 cm³/mol. The van der Waals surface area contributed by atoms with Crippen LogP contribution in [0.5, 0.6) is 5.75 Å². The minimum absolute atomic E-state index is 0.0610. The van der Waals surface area contributed by atoms with Gasteiger partial charge in [0, 0.05) is 50.1 Å². The van der Waals surface area contributed by atoms with E-state index in [4.69, 9.17) is 4.74 Å². The SMILES string of the molecule is CC(=O)c1ccc(C(=C2CCNCC2)c2ccc(C(C)=O)cc2)cc1.CC(=O)c1ccc(C(=C2CCNCC2)c2ccc3ccccc3c2)cc1.CC(=O)c1ccc(C(=C2CCNCC2)c2cccc(C)c2)cc1.CC(=O)c1ccc(C(=C2CCNCC2)c2cccc(C)c2)cc1.CC(=O)c1ccc(C(=C2CCNCC2)c2ccccc2C=O)cc1.COc1ccccc1C(=C1CCNCC1)c1ccc(C(C)=O)cc1. The maximum Gasteiger partial charge on any atom is 0.159 e. The first kappa shape index (κ1) is 106. The summed E-state index contributed by atoms with van der Waals surface area (Å²) >= 11 is 0. The molecular formula is C130H136N6O9. The second-order valence-electron chi connectivity index (χ2n) is 38.0. The molecule has 15 nitrogen and oxygen atoms in total. The number of benzene rings is 13. The van der Waals surface area contributed by atoms with Gasteiger partial charge in [0.15, 0.2) is 46.8 Å². The van der Waals surface area contributed by atoms with Crippen LogP contribution in [-0.2, 0) is 0 Å². The molecule has 0 aromatic heterocycles. The third kappa shape index (κ3) is 29.0. The van der Waals surface area contributed by atoms with Gasteiger partial charge >= 0.3 is 0 Å². The molecule has 0 aliphatic carbocycles. The third-order valence-electron chi connectivity index (χ3n) is 27.8. The zero-order valence-corrected chi connectivity index (χ0v) is 85.7. The fourth-order valence-electron chi connectivity index (χ4n) is 20.0. The number of rotatable bonds is 21. The van der Waals surface area contributed by atoms with Crippen molar-refractivity contribution in [3.8, 4) is 5.75 Å². The number of carbonyl (C=O) groups is 8. The Kier molecular flexibility index (Phi) is 39.0. The van der Waals surface area contributed by atoms with Crippen LogP contribution >= 0.6 is 0 Å². The summed E-state index contributed by atoms with van der Waals surface area (Å²) < 4.78 is 5.60. The molecule has 0 amide bonds. The van der Waals surface area contributed by atoms with E-state index in [1.807, 2.05) is 176 Å². The number of Topliss-reactive ketones (excluding diaryl/α,β-unsaturated/α-hetero) is 7. The zero-order valence-electron chi connectivity index (χ0n) is 85.7. The Hall–Kier alpha value is -14.5. The topological polar surface area (TPSA) is 218 Å². The first-order chi connectivity index (χ1) is 70.5. The summed E-state index contributed by atoms with van der Waals surface area (Å²) in [7, 11) is 1.71. The number of hydrogen-bond donors (Lipinski definition) is 6. The minimum Gasteiger partial charge on any atom is -0.496 e. The van der Waals surface area contributed by atoms with Crippen LogP contribution in [0.1, 0.15) is 286 Å². The Labute approximate surface area is 856 Å². The number of piperidine rings is 6. The van der Waals surface area contributed by atoms with Gasteiger partial charge in [-0.1, -0.05) is 342 Å². The number of aldehydes is 1. The van der Waals surface area contributed by atoms with Gasteiger partial charge in [0.2, 0.25) is 0 Å². The lowest BCUT2D eigenvalue weighted by Gasteiger charge is -2.22. The number of ketones is 7. The Morgan fingerprint density at radius 2 is 0.428 bits per heavy atom. The van der Waals surface area contributed by atoms with Gasteiger partial charge in [-0.2, -0.15) is 0 Å². The number of hydrogen-bond acceptors (Lipinski definition) is 15. The van der Waals surface area contributed by atoms with Gasteiger partial charge in [-0.25, -0.2) is 0 Å². The van der Waals surface area contributed by atoms with E-state index in [1.165, 1.54) is 117 Å². The summed E-state index contributed by atoms with van der Waals surface area (Å²) in [4.78, 5) is 92.4. The van der Waals surface area contributed by atoms with E-state index >= 15 is 0 Å². The third-order valence-corrected chi connectivity index (χ3v) is 27.8. The smallest absolute Gasteiger partial charge is 0.159 e. The molecule has 0 spiro atoms. The number of para-hydroxylation sites is 1. The van der Waals surface area contributed by atoms with Gasteiger partial charge in [0.25, 0.3) is 0 Å². The molecule has 740 valence electrons. The van der Waals surface area contributed by atoms with E-state index in [1.54, 1.807) is 55.6 Å². The number of nitrogens with one attached hydrogen (secondary N) is 6. The molecule has 6 aliphatic heterocycles. The van der Waals surface area contributed by atoms with E-state index in [-0.39, 0.29) is 40.5 Å². The van der Waals surface area contributed by atoms with Crippen molar-refractivity contribution >= 4 is 91.0 Å². The van der Waals surface area contributed by atoms with E-state index in [0.29, 0.717) is 11.1 Å². The lowest BCUT2D eigenvalue weighted by atomic mass is 9.86. The molecule has 6 aliphatic rings. The molecule has 6 saturated heterocycles. The Bertz CT molecular complexity index is 6750. The number of fused-ring (bicyclic) bond motifs is 1. The van der Waals surface area contributed by atoms with Crippen LogP contribution in [0.3, 0.4) is 0 Å².